The van der Waals surface area contributed by atoms with E-state index in [1.54, 1.807) is 6.07 Å². The fourth-order valence-corrected chi connectivity index (χ4v) is 5.78. The highest BCUT2D eigenvalue weighted by Crippen LogP contribution is 2.37. The molecule has 2 aliphatic heterocycles. The van der Waals surface area contributed by atoms with E-state index in [2.05, 4.69) is 17.1 Å². The second kappa shape index (κ2) is 13.6. The first kappa shape index (κ1) is 28.6. The molecule has 8 nitrogen and oxygen atoms in total. The van der Waals surface area contributed by atoms with Crippen molar-refractivity contribution in [2.24, 2.45) is 0 Å². The first-order valence-corrected chi connectivity index (χ1v) is 14.6. The van der Waals surface area contributed by atoms with Gasteiger partial charge in [0, 0.05) is 53.6 Å². The maximum absolute atomic E-state index is 13.4. The largest absolute Gasteiger partial charge is 0.480 e. The average Bonchev–Trinajstić information content (AvgIpc) is 2.94. The lowest BCUT2D eigenvalue weighted by Gasteiger charge is -2.32. The molecule has 1 unspecified atom stereocenters. The Morgan fingerprint density at radius 1 is 0.897 bits per heavy atom. The van der Waals surface area contributed by atoms with Crippen LogP contribution in [0.25, 0.3) is 10.8 Å². The minimum atomic E-state index is -1.07. The van der Waals surface area contributed by atoms with Gasteiger partial charge in [0.1, 0.15) is 6.04 Å². The van der Waals surface area contributed by atoms with Crippen LogP contribution in [0.3, 0.4) is 0 Å². The molecule has 4 rings (SSSR count). The molecule has 2 N–H and O–H groups in total. The molecule has 0 saturated carbocycles. The molecule has 2 aliphatic rings. The second-order valence-electron chi connectivity index (χ2n) is 10.8. The molecule has 0 radical (unpaired) electrons. The van der Waals surface area contributed by atoms with Gasteiger partial charge in [-0.05, 0) is 63.1 Å². The Labute approximate surface area is 230 Å². The summed E-state index contributed by atoms with van der Waals surface area (Å²) in [6, 6.07) is 8.53. The van der Waals surface area contributed by atoms with Gasteiger partial charge in [0.15, 0.2) is 0 Å². The number of unbranched alkanes of at least 4 members (excludes halogenated alkanes) is 5. The second-order valence-corrected chi connectivity index (χ2v) is 10.8. The smallest absolute Gasteiger partial charge is 0.326 e. The van der Waals surface area contributed by atoms with Crippen molar-refractivity contribution in [3.05, 3.63) is 41.5 Å². The number of carbonyl (C=O) groups excluding carboxylic acids is 3. The number of rotatable bonds is 14. The van der Waals surface area contributed by atoms with Crippen molar-refractivity contribution < 1.29 is 24.3 Å². The number of aliphatic carboxylic acids is 1. The lowest BCUT2D eigenvalue weighted by atomic mass is 9.92. The monoisotopic (exact) mass is 535 g/mol. The maximum Gasteiger partial charge on any atom is 0.326 e. The van der Waals surface area contributed by atoms with Crippen molar-refractivity contribution in [2.45, 2.75) is 90.0 Å². The summed E-state index contributed by atoms with van der Waals surface area (Å²) in [6.45, 7) is 4.29. The first-order valence-electron chi connectivity index (χ1n) is 14.6. The molecule has 1 atom stereocenters. The lowest BCUT2D eigenvalue weighted by Crippen LogP contribution is -2.42. The molecule has 39 heavy (non-hydrogen) atoms. The fraction of sp³-hybridized carbons (Fsp3) is 0.548. The molecule has 210 valence electrons. The third kappa shape index (κ3) is 6.78. The van der Waals surface area contributed by atoms with Gasteiger partial charge in [0.05, 0.1) is 0 Å². The summed E-state index contributed by atoms with van der Waals surface area (Å²) < 4.78 is 0. The number of nitrogens with one attached hydrogen (secondary N) is 1. The van der Waals surface area contributed by atoms with Crippen molar-refractivity contribution in [3.8, 4) is 0 Å². The standard InChI is InChI=1S/C31H41N3O5/c1-2-3-4-5-7-16-27(35)32-25(31(38)39)15-8-11-21-34-29(36)23-14-12-13-22-26(33-19-9-6-10-20-33)18-17-24(28(22)23)30(34)37/h12-14,17-18,25H,2-11,15-16,19-21H2,1H3,(H,32,35)(H,38,39). The summed E-state index contributed by atoms with van der Waals surface area (Å²) in [4.78, 5) is 54.3. The summed E-state index contributed by atoms with van der Waals surface area (Å²) in [5, 5.41) is 13.9. The Balaban J connectivity index is 1.35. The number of benzene rings is 2. The molecule has 2 aromatic carbocycles. The van der Waals surface area contributed by atoms with Crippen LogP contribution in [0, 0.1) is 0 Å². The highest BCUT2D eigenvalue weighted by atomic mass is 16.4. The summed E-state index contributed by atoms with van der Waals surface area (Å²) in [6.07, 6.45) is 10.1. The molecule has 1 saturated heterocycles. The third-order valence-electron chi connectivity index (χ3n) is 7.93. The number of imide groups is 1. The van der Waals surface area contributed by atoms with Crippen molar-refractivity contribution in [3.63, 3.8) is 0 Å². The summed E-state index contributed by atoms with van der Waals surface area (Å²) in [5.74, 6) is -1.92. The Hall–Kier alpha value is -3.42. The van der Waals surface area contributed by atoms with E-state index in [-0.39, 0.29) is 30.7 Å². The van der Waals surface area contributed by atoms with Gasteiger partial charge in [-0.3, -0.25) is 19.3 Å². The van der Waals surface area contributed by atoms with E-state index < -0.39 is 12.0 Å². The van der Waals surface area contributed by atoms with Gasteiger partial charge in [-0.1, -0.05) is 44.7 Å². The van der Waals surface area contributed by atoms with E-state index >= 15 is 0 Å². The number of hydrogen-bond donors (Lipinski definition) is 2. The summed E-state index contributed by atoms with van der Waals surface area (Å²) >= 11 is 0. The van der Waals surface area contributed by atoms with Crippen LogP contribution in [0.15, 0.2) is 30.3 Å². The summed E-state index contributed by atoms with van der Waals surface area (Å²) in [5.41, 5.74) is 2.15. The minimum Gasteiger partial charge on any atom is -0.480 e. The third-order valence-corrected chi connectivity index (χ3v) is 7.93. The van der Waals surface area contributed by atoms with Crippen LogP contribution in [0.2, 0.25) is 0 Å². The van der Waals surface area contributed by atoms with E-state index in [4.69, 9.17) is 0 Å². The van der Waals surface area contributed by atoms with Crippen LogP contribution >= 0.6 is 0 Å². The van der Waals surface area contributed by atoms with Gasteiger partial charge in [-0.25, -0.2) is 4.79 Å². The lowest BCUT2D eigenvalue weighted by molar-refractivity contribution is -0.142. The fourth-order valence-electron chi connectivity index (χ4n) is 5.78. The van der Waals surface area contributed by atoms with Crippen molar-refractivity contribution >= 4 is 40.2 Å². The maximum atomic E-state index is 13.4. The molecular formula is C31H41N3O5. The van der Waals surface area contributed by atoms with Crippen molar-refractivity contribution in [1.29, 1.82) is 0 Å². The molecule has 0 spiro atoms. The molecule has 2 heterocycles. The van der Waals surface area contributed by atoms with Gasteiger partial charge in [-0.2, -0.15) is 0 Å². The van der Waals surface area contributed by atoms with Crippen LogP contribution < -0.4 is 10.2 Å². The van der Waals surface area contributed by atoms with Crippen LogP contribution in [-0.2, 0) is 9.59 Å². The number of carbonyl (C=O) groups is 4. The summed E-state index contributed by atoms with van der Waals surface area (Å²) in [7, 11) is 0. The molecule has 0 aliphatic carbocycles. The number of anilines is 1. The van der Waals surface area contributed by atoms with E-state index in [0.29, 0.717) is 30.4 Å². The SMILES string of the molecule is CCCCCCCC(=O)NC(CCCCN1C(=O)c2cccc3c(N4CCCCC4)ccc(c23)C1=O)C(=O)O. The van der Waals surface area contributed by atoms with Gasteiger partial charge >= 0.3 is 5.97 Å². The predicted molar refractivity (Wildman–Crippen MR) is 152 cm³/mol. The molecule has 0 bridgehead atoms. The quantitative estimate of drug-likeness (QED) is 0.243. The molecular weight excluding hydrogens is 494 g/mol. The molecule has 1 fully saturated rings. The van der Waals surface area contributed by atoms with Gasteiger partial charge in [0.2, 0.25) is 5.91 Å². The zero-order valence-corrected chi connectivity index (χ0v) is 23.0. The predicted octanol–water partition coefficient (Wildman–Crippen LogP) is 5.53. The van der Waals surface area contributed by atoms with E-state index in [9.17, 15) is 24.3 Å². The number of hydrogen-bond acceptors (Lipinski definition) is 5. The average molecular weight is 536 g/mol. The topological polar surface area (TPSA) is 107 Å². The number of carboxylic acids is 1. The number of nitrogens with zero attached hydrogens (tertiary/aromatic N) is 2. The zero-order chi connectivity index (χ0) is 27.8. The van der Waals surface area contributed by atoms with E-state index in [0.717, 1.165) is 74.5 Å². The van der Waals surface area contributed by atoms with Crippen molar-refractivity contribution in [2.75, 3.05) is 24.5 Å². The normalized spacial score (nSPS) is 16.0. The van der Waals surface area contributed by atoms with Gasteiger partial charge < -0.3 is 15.3 Å². The van der Waals surface area contributed by atoms with E-state index in [1.807, 2.05) is 24.3 Å². The first-order chi connectivity index (χ1) is 18.9. The Kier molecular flexibility index (Phi) is 9.96. The van der Waals surface area contributed by atoms with Crippen LogP contribution in [-0.4, -0.2) is 59.4 Å². The molecule has 3 amide bonds. The molecule has 8 heteroatoms. The Bertz CT molecular complexity index is 1180. The number of carboxylic acid groups (broad SMARTS) is 1. The minimum absolute atomic E-state index is 0.207. The Morgan fingerprint density at radius 3 is 2.33 bits per heavy atom. The highest BCUT2D eigenvalue weighted by Gasteiger charge is 2.33. The van der Waals surface area contributed by atoms with E-state index in [1.165, 1.54) is 11.3 Å². The number of amides is 3. The molecule has 2 aromatic rings. The van der Waals surface area contributed by atoms with Crippen LogP contribution in [0.4, 0.5) is 5.69 Å². The van der Waals surface area contributed by atoms with Gasteiger partial charge in [0.25, 0.3) is 11.8 Å². The van der Waals surface area contributed by atoms with Crippen LogP contribution in [0.5, 0.6) is 0 Å². The highest BCUT2D eigenvalue weighted by molar-refractivity contribution is 6.26. The zero-order valence-electron chi connectivity index (χ0n) is 23.0. The van der Waals surface area contributed by atoms with Gasteiger partial charge in [-0.15, -0.1) is 0 Å². The van der Waals surface area contributed by atoms with Crippen molar-refractivity contribution in [1.82, 2.24) is 10.2 Å². The molecule has 0 aromatic heterocycles. The Morgan fingerprint density at radius 2 is 1.62 bits per heavy atom. The number of piperidine rings is 1. The van der Waals surface area contributed by atoms with Crippen LogP contribution in [0.1, 0.15) is 105 Å².